The number of nitrogens with zero attached hydrogens (tertiary/aromatic N) is 3. The van der Waals surface area contributed by atoms with Gasteiger partial charge >= 0.3 is 0 Å². The average Bonchev–Trinajstić information content (AvgIpc) is 3.40. The number of rotatable bonds is 5. The normalized spacial score (nSPS) is 12.5. The molecule has 4 rings (SSSR count). The zero-order chi connectivity index (χ0) is 20.4. The molecule has 8 nitrogen and oxygen atoms in total. The van der Waals surface area contributed by atoms with Crippen molar-refractivity contribution < 1.29 is 19.1 Å². The van der Waals surface area contributed by atoms with E-state index in [1.807, 2.05) is 23.6 Å². The molecule has 3 aromatic rings. The summed E-state index contributed by atoms with van der Waals surface area (Å²) in [5.41, 5.74) is 2.14. The van der Waals surface area contributed by atoms with Crippen molar-refractivity contribution in [1.29, 1.82) is 5.26 Å². The molecule has 0 saturated carbocycles. The van der Waals surface area contributed by atoms with Crippen molar-refractivity contribution >= 4 is 28.7 Å². The summed E-state index contributed by atoms with van der Waals surface area (Å²) in [7, 11) is 1.46. The molecule has 2 heterocycles. The van der Waals surface area contributed by atoms with E-state index in [1.54, 1.807) is 0 Å². The largest absolute Gasteiger partial charge is 0.496 e. The van der Waals surface area contributed by atoms with E-state index in [1.165, 1.54) is 42.7 Å². The van der Waals surface area contributed by atoms with E-state index in [0.717, 1.165) is 5.56 Å². The minimum Gasteiger partial charge on any atom is -0.496 e. The quantitative estimate of drug-likeness (QED) is 0.348. The van der Waals surface area contributed by atoms with E-state index >= 15 is 0 Å². The van der Waals surface area contributed by atoms with Crippen LogP contribution < -0.4 is 14.2 Å². The maximum absolute atomic E-state index is 11.1. The number of thiazole rings is 1. The Labute approximate surface area is 169 Å². The Kier molecular flexibility index (Phi) is 4.85. The number of hydrogen-bond acceptors (Lipinski definition) is 8. The number of nitriles is 1. The van der Waals surface area contributed by atoms with Crippen LogP contribution in [0.15, 0.2) is 41.8 Å². The Balaban J connectivity index is 1.70. The number of nitro benzene ring substituents is 1. The third kappa shape index (κ3) is 3.61. The first kappa shape index (κ1) is 18.5. The topological polar surface area (TPSA) is 108 Å². The van der Waals surface area contributed by atoms with Crippen molar-refractivity contribution in [3.05, 3.63) is 62.5 Å². The molecule has 29 heavy (non-hydrogen) atoms. The molecule has 0 spiro atoms. The Bertz CT molecular complexity index is 1180. The Hall–Kier alpha value is -3.90. The first-order valence-electron chi connectivity index (χ1n) is 8.39. The molecule has 1 aliphatic rings. The van der Waals surface area contributed by atoms with Crippen molar-refractivity contribution in [2.75, 3.05) is 13.9 Å². The van der Waals surface area contributed by atoms with Crippen LogP contribution in [-0.4, -0.2) is 23.8 Å². The highest BCUT2D eigenvalue weighted by Gasteiger charge is 2.17. The SMILES string of the molecule is COc1ccc([N+](=O)[O-])cc1/C=C(\C#N)c1nc(-c2ccc3c(c2)OCO3)cs1. The highest BCUT2D eigenvalue weighted by atomic mass is 32.1. The summed E-state index contributed by atoms with van der Waals surface area (Å²) in [6, 6.07) is 11.8. The summed E-state index contributed by atoms with van der Waals surface area (Å²) in [5, 5.41) is 23.0. The second-order valence-electron chi connectivity index (χ2n) is 5.96. The van der Waals surface area contributed by atoms with Gasteiger partial charge in [-0.05, 0) is 30.3 Å². The number of benzene rings is 2. The average molecular weight is 407 g/mol. The highest BCUT2D eigenvalue weighted by molar-refractivity contribution is 7.11. The fourth-order valence-corrected chi connectivity index (χ4v) is 3.63. The number of nitro groups is 1. The number of fused-ring (bicyclic) bond motifs is 1. The van der Waals surface area contributed by atoms with Crippen LogP contribution in [0.3, 0.4) is 0 Å². The van der Waals surface area contributed by atoms with Crippen molar-refractivity contribution in [3.8, 4) is 34.6 Å². The molecule has 144 valence electrons. The summed E-state index contributed by atoms with van der Waals surface area (Å²) in [5.74, 6) is 1.75. The minimum absolute atomic E-state index is 0.0884. The van der Waals surface area contributed by atoms with E-state index in [4.69, 9.17) is 14.2 Å². The van der Waals surface area contributed by atoms with Crippen LogP contribution in [0.4, 0.5) is 5.69 Å². The van der Waals surface area contributed by atoms with Crippen LogP contribution in [0.1, 0.15) is 10.6 Å². The van der Waals surface area contributed by atoms with E-state index in [0.29, 0.717) is 33.5 Å². The molecule has 0 amide bonds. The lowest BCUT2D eigenvalue weighted by atomic mass is 10.1. The molecule has 2 aromatic carbocycles. The fourth-order valence-electron chi connectivity index (χ4n) is 2.83. The fraction of sp³-hybridized carbons (Fsp3) is 0.100. The number of methoxy groups -OCH3 is 1. The summed E-state index contributed by atoms with van der Waals surface area (Å²) >= 11 is 1.30. The second kappa shape index (κ2) is 7.61. The third-order valence-corrected chi connectivity index (χ3v) is 5.12. The molecular weight excluding hydrogens is 394 g/mol. The van der Waals surface area contributed by atoms with Crippen LogP contribution in [0.5, 0.6) is 17.2 Å². The number of ether oxygens (including phenoxy) is 3. The molecule has 0 saturated heterocycles. The van der Waals surface area contributed by atoms with Gasteiger partial charge in [0.1, 0.15) is 16.8 Å². The van der Waals surface area contributed by atoms with Gasteiger partial charge in [-0.2, -0.15) is 5.26 Å². The summed E-state index contributed by atoms with van der Waals surface area (Å²) in [6.45, 7) is 0.188. The summed E-state index contributed by atoms with van der Waals surface area (Å²) < 4.78 is 16.0. The highest BCUT2D eigenvalue weighted by Crippen LogP contribution is 2.37. The van der Waals surface area contributed by atoms with Crippen LogP contribution in [0, 0.1) is 21.4 Å². The monoisotopic (exact) mass is 407 g/mol. The van der Waals surface area contributed by atoms with Gasteiger partial charge in [-0.1, -0.05) is 0 Å². The maximum atomic E-state index is 11.1. The van der Waals surface area contributed by atoms with Crippen molar-refractivity contribution in [2.45, 2.75) is 0 Å². The maximum Gasteiger partial charge on any atom is 0.270 e. The van der Waals surface area contributed by atoms with Crippen molar-refractivity contribution in [3.63, 3.8) is 0 Å². The van der Waals surface area contributed by atoms with Crippen molar-refractivity contribution in [2.24, 2.45) is 0 Å². The first-order chi connectivity index (χ1) is 14.1. The van der Waals surface area contributed by atoms with Gasteiger partial charge in [-0.3, -0.25) is 10.1 Å². The molecular formula is C20H13N3O5S. The molecule has 0 N–H and O–H groups in total. The third-order valence-electron chi connectivity index (χ3n) is 4.25. The molecule has 0 atom stereocenters. The van der Waals surface area contributed by atoms with Crippen LogP contribution in [0.2, 0.25) is 0 Å². The van der Waals surface area contributed by atoms with Gasteiger partial charge in [-0.15, -0.1) is 11.3 Å². The minimum atomic E-state index is -0.496. The molecule has 0 radical (unpaired) electrons. The Morgan fingerprint density at radius 3 is 2.90 bits per heavy atom. The summed E-state index contributed by atoms with van der Waals surface area (Å²) in [6.07, 6.45) is 1.54. The number of hydrogen-bond donors (Lipinski definition) is 0. The van der Waals surface area contributed by atoms with Gasteiger partial charge in [0, 0.05) is 28.6 Å². The first-order valence-corrected chi connectivity index (χ1v) is 9.27. The molecule has 1 aromatic heterocycles. The lowest BCUT2D eigenvalue weighted by Crippen LogP contribution is -1.93. The number of non-ortho nitro benzene ring substituents is 1. The molecule has 0 bridgehead atoms. The Morgan fingerprint density at radius 2 is 2.14 bits per heavy atom. The van der Waals surface area contributed by atoms with E-state index in [9.17, 15) is 15.4 Å². The smallest absolute Gasteiger partial charge is 0.270 e. The van der Waals surface area contributed by atoms with E-state index in [2.05, 4.69) is 11.1 Å². The lowest BCUT2D eigenvalue weighted by molar-refractivity contribution is -0.384. The van der Waals surface area contributed by atoms with Gasteiger partial charge in [0.05, 0.1) is 23.3 Å². The lowest BCUT2D eigenvalue weighted by Gasteiger charge is -2.05. The van der Waals surface area contributed by atoms with Crippen LogP contribution in [0.25, 0.3) is 22.9 Å². The van der Waals surface area contributed by atoms with Crippen molar-refractivity contribution in [1.82, 2.24) is 4.98 Å². The number of aromatic nitrogens is 1. The molecule has 0 fully saturated rings. The standard InChI is InChI=1S/C20H13N3O5S/c1-26-17-5-3-15(23(24)25)7-13(17)6-14(9-21)20-22-16(10-29-20)12-2-4-18-19(8-12)28-11-27-18/h2-8,10H,11H2,1H3/b14-6+. The van der Waals surface area contributed by atoms with Crippen LogP contribution in [-0.2, 0) is 0 Å². The second-order valence-corrected chi connectivity index (χ2v) is 6.82. The molecule has 0 aliphatic carbocycles. The van der Waals surface area contributed by atoms with Gasteiger partial charge in [-0.25, -0.2) is 4.98 Å². The number of allylic oxidation sites excluding steroid dienone is 1. The van der Waals surface area contributed by atoms with Gasteiger partial charge in [0.25, 0.3) is 5.69 Å². The zero-order valence-electron chi connectivity index (χ0n) is 15.1. The van der Waals surface area contributed by atoms with E-state index < -0.39 is 4.92 Å². The predicted octanol–water partition coefficient (Wildman–Crippen LogP) is 4.52. The molecule has 9 heteroatoms. The predicted molar refractivity (Wildman–Crippen MR) is 107 cm³/mol. The molecule has 1 aliphatic heterocycles. The van der Waals surface area contributed by atoms with Crippen LogP contribution >= 0.6 is 11.3 Å². The summed E-state index contributed by atoms with van der Waals surface area (Å²) in [4.78, 5) is 15.1. The van der Waals surface area contributed by atoms with Gasteiger partial charge in [0.2, 0.25) is 6.79 Å². The zero-order valence-corrected chi connectivity index (χ0v) is 15.9. The van der Waals surface area contributed by atoms with E-state index in [-0.39, 0.29) is 18.1 Å². The molecule has 0 unspecified atom stereocenters. The van der Waals surface area contributed by atoms with Gasteiger partial charge < -0.3 is 14.2 Å². The Morgan fingerprint density at radius 1 is 1.31 bits per heavy atom. The van der Waals surface area contributed by atoms with Gasteiger partial charge in [0.15, 0.2) is 11.5 Å².